The van der Waals surface area contributed by atoms with Crippen molar-refractivity contribution in [1.29, 1.82) is 0 Å². The Labute approximate surface area is 460 Å². The van der Waals surface area contributed by atoms with Crippen molar-refractivity contribution in [3.63, 3.8) is 0 Å². The lowest BCUT2D eigenvalue weighted by Gasteiger charge is -2.25. The number of aliphatic hydroxyl groups excluding tert-OH is 1. The van der Waals surface area contributed by atoms with E-state index in [4.69, 9.17) is 9.05 Å². The van der Waals surface area contributed by atoms with Crippen molar-refractivity contribution in [2.24, 2.45) is 0 Å². The van der Waals surface area contributed by atoms with Gasteiger partial charge in [0.05, 0.1) is 39.9 Å². The van der Waals surface area contributed by atoms with Gasteiger partial charge in [0.25, 0.3) is 0 Å². The predicted molar refractivity (Wildman–Crippen MR) is 323 cm³/mol. The van der Waals surface area contributed by atoms with Crippen LogP contribution in [0.1, 0.15) is 309 Å². The maximum absolute atomic E-state index is 13.0. The molecular weight excluding hydrogens is 936 g/mol. The quantitative estimate of drug-likeness (QED) is 0.0243. The van der Waals surface area contributed by atoms with Crippen molar-refractivity contribution in [1.82, 2.24) is 5.32 Å². The minimum absolute atomic E-state index is 0.0573. The van der Waals surface area contributed by atoms with Crippen LogP contribution in [0, 0.1) is 0 Å². The Morgan fingerprint density at radius 1 is 0.459 bits per heavy atom. The SMILES string of the molecule is CCCCCCC/C=C\C/C=C\CCCCCCCCCCCCCCCCCCCCCCCCCCCCCC(=O)NC(COP(=O)(O)OCC[N+](C)(C)C)C(O)/C=C/CC/C=C/CCCCCCCCC. The molecule has 0 aromatic rings. The van der Waals surface area contributed by atoms with Crippen molar-refractivity contribution in [2.75, 3.05) is 40.9 Å². The summed E-state index contributed by atoms with van der Waals surface area (Å²) in [5, 5.41) is 13.9. The molecule has 0 radical (unpaired) electrons. The van der Waals surface area contributed by atoms with Gasteiger partial charge in [-0.1, -0.05) is 287 Å². The number of nitrogens with one attached hydrogen (secondary N) is 1. The molecule has 0 aliphatic heterocycles. The molecule has 0 aromatic carbocycles. The molecule has 0 heterocycles. The second-order valence-electron chi connectivity index (χ2n) is 23.1. The van der Waals surface area contributed by atoms with Gasteiger partial charge >= 0.3 is 7.82 Å². The first-order valence-corrected chi connectivity index (χ1v) is 33.5. The summed E-state index contributed by atoms with van der Waals surface area (Å²) in [6, 6.07) is -0.861. The number of carbonyl (C=O) groups excluding carboxylic acids is 1. The number of amides is 1. The van der Waals surface area contributed by atoms with Crippen molar-refractivity contribution >= 4 is 13.7 Å². The molecule has 0 aliphatic carbocycles. The zero-order chi connectivity index (χ0) is 54.2. The summed E-state index contributed by atoms with van der Waals surface area (Å²) in [5.74, 6) is -0.183. The zero-order valence-electron chi connectivity index (χ0n) is 49.8. The van der Waals surface area contributed by atoms with Gasteiger partial charge in [-0.3, -0.25) is 13.8 Å². The van der Waals surface area contributed by atoms with Crippen molar-refractivity contribution in [3.05, 3.63) is 48.6 Å². The van der Waals surface area contributed by atoms with E-state index in [0.717, 1.165) is 44.9 Å². The number of carbonyl (C=O) groups is 1. The van der Waals surface area contributed by atoms with Crippen LogP contribution < -0.4 is 5.32 Å². The number of aliphatic hydroxyl groups is 1. The number of quaternary nitrogens is 1. The molecule has 74 heavy (non-hydrogen) atoms. The third-order valence-electron chi connectivity index (χ3n) is 14.5. The Kier molecular flexibility index (Phi) is 55.0. The van der Waals surface area contributed by atoms with Crippen LogP contribution in [0.5, 0.6) is 0 Å². The number of phosphoric acid groups is 1. The fourth-order valence-electron chi connectivity index (χ4n) is 9.50. The van der Waals surface area contributed by atoms with Crippen LogP contribution in [-0.2, 0) is 18.4 Å². The second-order valence-corrected chi connectivity index (χ2v) is 24.6. The molecule has 0 aliphatic rings. The molecule has 0 fully saturated rings. The van der Waals surface area contributed by atoms with Crippen LogP contribution in [-0.4, -0.2) is 73.4 Å². The van der Waals surface area contributed by atoms with E-state index in [9.17, 15) is 19.4 Å². The van der Waals surface area contributed by atoms with E-state index in [0.29, 0.717) is 17.4 Å². The lowest BCUT2D eigenvalue weighted by Crippen LogP contribution is -2.45. The van der Waals surface area contributed by atoms with Gasteiger partial charge in [-0.05, 0) is 64.2 Å². The van der Waals surface area contributed by atoms with Crippen LogP contribution >= 0.6 is 7.82 Å². The topological polar surface area (TPSA) is 105 Å². The molecule has 436 valence electrons. The Balaban J connectivity index is 3.87. The molecule has 0 saturated heterocycles. The van der Waals surface area contributed by atoms with E-state index in [-0.39, 0.29) is 19.1 Å². The summed E-state index contributed by atoms with van der Waals surface area (Å²) < 4.78 is 23.7. The monoisotopic (exact) mass is 1060 g/mol. The average Bonchev–Trinajstić information content (AvgIpc) is 3.36. The summed E-state index contributed by atoms with van der Waals surface area (Å²) in [5.41, 5.74) is 0. The van der Waals surface area contributed by atoms with Gasteiger partial charge in [-0.25, -0.2) is 4.57 Å². The fraction of sp³-hybridized carbons (Fsp3) is 0.862. The molecule has 0 bridgehead atoms. The summed E-state index contributed by atoms with van der Waals surface area (Å²) in [7, 11) is 1.56. The van der Waals surface area contributed by atoms with E-state index in [1.807, 2.05) is 27.2 Å². The Morgan fingerprint density at radius 2 is 0.784 bits per heavy atom. The van der Waals surface area contributed by atoms with E-state index < -0.39 is 20.0 Å². The number of unbranched alkanes of at least 4 members (excludes halogenated alkanes) is 40. The number of nitrogens with zero attached hydrogens (tertiary/aromatic N) is 1. The van der Waals surface area contributed by atoms with Crippen LogP contribution in [0.4, 0.5) is 0 Å². The largest absolute Gasteiger partial charge is 0.472 e. The minimum Gasteiger partial charge on any atom is -0.387 e. The van der Waals surface area contributed by atoms with Gasteiger partial charge in [0.2, 0.25) is 5.91 Å². The van der Waals surface area contributed by atoms with Crippen LogP contribution in [0.2, 0.25) is 0 Å². The Hall–Kier alpha value is -1.54. The fourth-order valence-corrected chi connectivity index (χ4v) is 10.2. The van der Waals surface area contributed by atoms with Gasteiger partial charge in [-0.2, -0.15) is 0 Å². The van der Waals surface area contributed by atoms with Gasteiger partial charge < -0.3 is 19.8 Å². The first kappa shape index (κ1) is 72.5. The van der Waals surface area contributed by atoms with E-state index >= 15 is 0 Å². The maximum Gasteiger partial charge on any atom is 0.472 e. The third-order valence-corrected chi connectivity index (χ3v) is 15.5. The highest BCUT2D eigenvalue weighted by molar-refractivity contribution is 7.47. The Bertz CT molecular complexity index is 1340. The van der Waals surface area contributed by atoms with Gasteiger partial charge in [0.15, 0.2) is 0 Å². The normalized spacial score (nSPS) is 14.1. The number of allylic oxidation sites excluding steroid dienone is 7. The van der Waals surface area contributed by atoms with E-state index in [1.54, 1.807) is 6.08 Å². The molecule has 9 heteroatoms. The lowest BCUT2D eigenvalue weighted by atomic mass is 10.0. The highest BCUT2D eigenvalue weighted by Gasteiger charge is 2.27. The molecule has 3 N–H and O–H groups in total. The van der Waals surface area contributed by atoms with Crippen molar-refractivity contribution < 1.29 is 32.9 Å². The number of likely N-dealkylation sites (N-methyl/N-ethyl adjacent to an activating group) is 1. The van der Waals surface area contributed by atoms with Crippen LogP contribution in [0.25, 0.3) is 0 Å². The van der Waals surface area contributed by atoms with Crippen LogP contribution in [0.15, 0.2) is 48.6 Å². The van der Waals surface area contributed by atoms with Gasteiger partial charge in [0.1, 0.15) is 13.2 Å². The van der Waals surface area contributed by atoms with Crippen molar-refractivity contribution in [3.8, 4) is 0 Å². The average molecular weight is 1060 g/mol. The number of rotatable bonds is 59. The smallest absolute Gasteiger partial charge is 0.387 e. The third kappa shape index (κ3) is 58.1. The minimum atomic E-state index is -4.35. The molecule has 0 aromatic heterocycles. The lowest BCUT2D eigenvalue weighted by molar-refractivity contribution is -0.870. The van der Waals surface area contributed by atoms with Crippen molar-refractivity contribution in [2.45, 2.75) is 321 Å². The highest BCUT2D eigenvalue weighted by Crippen LogP contribution is 2.43. The molecule has 3 atom stereocenters. The molecule has 3 unspecified atom stereocenters. The molecular formula is C65H126N2O6P+. The zero-order valence-corrected chi connectivity index (χ0v) is 50.7. The molecule has 0 spiro atoms. The molecule has 0 rings (SSSR count). The molecule has 8 nitrogen and oxygen atoms in total. The molecule has 1 amide bonds. The summed E-state index contributed by atoms with van der Waals surface area (Å²) >= 11 is 0. The van der Waals surface area contributed by atoms with Crippen LogP contribution in [0.3, 0.4) is 0 Å². The summed E-state index contributed by atoms with van der Waals surface area (Å²) in [6.07, 6.45) is 75.5. The summed E-state index contributed by atoms with van der Waals surface area (Å²) in [6.45, 7) is 4.80. The summed E-state index contributed by atoms with van der Waals surface area (Å²) in [4.78, 5) is 23.3. The highest BCUT2D eigenvalue weighted by atomic mass is 31.2. The van der Waals surface area contributed by atoms with Gasteiger partial charge in [-0.15, -0.1) is 0 Å². The first-order valence-electron chi connectivity index (χ1n) is 32.0. The Morgan fingerprint density at radius 3 is 1.16 bits per heavy atom. The number of hydrogen-bond acceptors (Lipinski definition) is 5. The standard InChI is InChI=1S/C65H125N2O6P/c1-6-8-10-12-14-16-18-20-21-22-23-24-25-26-27-28-29-30-31-32-33-34-35-36-37-38-39-40-41-42-43-44-45-47-49-51-53-55-57-59-65(69)66-63(62-73-74(70,71)72-61-60-67(3,4)5)64(68)58-56-54-52-50-48-46-19-17-15-13-11-9-7-2/h18,20,22-23,48,50,56,58,63-64,68H,6-17,19,21,24-47,49,51-55,57,59-62H2,1-5H3,(H-,66,69,70,71)/p+1/b20-18-,23-22-,50-48+,58-56+. The second kappa shape index (κ2) is 56.2. The van der Waals surface area contributed by atoms with E-state index in [1.165, 1.54) is 244 Å². The maximum atomic E-state index is 13.0. The predicted octanol–water partition coefficient (Wildman–Crippen LogP) is 19.9. The number of phosphoric ester groups is 1. The molecule has 0 saturated carbocycles. The van der Waals surface area contributed by atoms with E-state index in [2.05, 4.69) is 55.6 Å². The first-order chi connectivity index (χ1) is 36.0. The van der Waals surface area contributed by atoms with Gasteiger partial charge in [0, 0.05) is 6.42 Å². The number of hydrogen-bond donors (Lipinski definition) is 3.